The minimum absolute atomic E-state index is 0.373. The van der Waals surface area contributed by atoms with Gasteiger partial charge in [-0.15, -0.1) is 0 Å². The first-order chi connectivity index (χ1) is 14.3. The van der Waals surface area contributed by atoms with Crippen molar-refractivity contribution in [3.63, 3.8) is 0 Å². The van der Waals surface area contributed by atoms with E-state index in [1.807, 2.05) is 109 Å². The number of anilines is 2. The van der Waals surface area contributed by atoms with Gasteiger partial charge in [-0.3, -0.25) is 0 Å². The van der Waals surface area contributed by atoms with Gasteiger partial charge in [0.25, 0.3) is 0 Å². The standard InChI is InChI=1S/C26H21NO2/c28-26(23-18-10-11-19-24(23)27-22-16-8-3-9-17-22)29-25(20-12-4-1-5-13-20)21-14-6-2-7-15-21/h1-19,25,27H. The third-order valence-electron chi connectivity index (χ3n) is 4.63. The number of ether oxygens (including phenoxy) is 1. The second-order valence-electron chi connectivity index (χ2n) is 6.64. The molecule has 3 nitrogen and oxygen atoms in total. The number of benzene rings is 4. The van der Waals surface area contributed by atoms with Crippen LogP contribution in [0.4, 0.5) is 11.4 Å². The molecule has 0 atom stereocenters. The van der Waals surface area contributed by atoms with E-state index in [-0.39, 0.29) is 5.97 Å². The number of carbonyl (C=O) groups is 1. The minimum Gasteiger partial charge on any atom is -0.449 e. The quantitative estimate of drug-likeness (QED) is 0.395. The van der Waals surface area contributed by atoms with Crippen LogP contribution in [0.3, 0.4) is 0 Å². The lowest BCUT2D eigenvalue weighted by molar-refractivity contribution is 0.0379. The fourth-order valence-corrected chi connectivity index (χ4v) is 3.20. The number of carbonyl (C=O) groups excluding carboxylic acids is 1. The Bertz CT molecular complexity index is 1020. The molecular weight excluding hydrogens is 358 g/mol. The van der Waals surface area contributed by atoms with Gasteiger partial charge in [0.2, 0.25) is 0 Å². The second kappa shape index (κ2) is 8.89. The Balaban J connectivity index is 1.64. The van der Waals surface area contributed by atoms with Gasteiger partial charge in [0.1, 0.15) is 0 Å². The van der Waals surface area contributed by atoms with E-state index in [0.717, 1.165) is 16.8 Å². The summed E-state index contributed by atoms with van der Waals surface area (Å²) in [7, 11) is 0. The summed E-state index contributed by atoms with van der Waals surface area (Å²) in [5, 5.41) is 3.31. The molecule has 4 aromatic carbocycles. The molecule has 0 bridgehead atoms. The van der Waals surface area contributed by atoms with E-state index in [2.05, 4.69) is 5.32 Å². The molecule has 0 saturated heterocycles. The van der Waals surface area contributed by atoms with Gasteiger partial charge in [0.05, 0.1) is 11.3 Å². The Morgan fingerprint density at radius 1 is 0.621 bits per heavy atom. The second-order valence-corrected chi connectivity index (χ2v) is 6.64. The third-order valence-corrected chi connectivity index (χ3v) is 4.63. The van der Waals surface area contributed by atoms with Crippen LogP contribution in [0.15, 0.2) is 115 Å². The van der Waals surface area contributed by atoms with E-state index in [4.69, 9.17) is 4.74 Å². The van der Waals surface area contributed by atoms with E-state index in [0.29, 0.717) is 11.3 Å². The SMILES string of the molecule is O=C(OC(c1ccccc1)c1ccccc1)c1ccccc1Nc1ccccc1. The Kier molecular flexibility index (Phi) is 5.68. The van der Waals surface area contributed by atoms with Gasteiger partial charge in [-0.05, 0) is 35.4 Å². The molecule has 0 aliphatic carbocycles. The molecule has 0 spiro atoms. The van der Waals surface area contributed by atoms with Crippen LogP contribution >= 0.6 is 0 Å². The van der Waals surface area contributed by atoms with Crippen molar-refractivity contribution in [2.75, 3.05) is 5.32 Å². The first-order valence-corrected chi connectivity index (χ1v) is 9.53. The van der Waals surface area contributed by atoms with Crippen LogP contribution in [0.2, 0.25) is 0 Å². The van der Waals surface area contributed by atoms with Gasteiger partial charge in [-0.25, -0.2) is 4.79 Å². The van der Waals surface area contributed by atoms with Crippen LogP contribution in [-0.4, -0.2) is 5.97 Å². The maximum absolute atomic E-state index is 13.2. The number of hydrogen-bond acceptors (Lipinski definition) is 3. The van der Waals surface area contributed by atoms with Crippen molar-refractivity contribution < 1.29 is 9.53 Å². The highest BCUT2D eigenvalue weighted by atomic mass is 16.5. The summed E-state index contributed by atoms with van der Waals surface area (Å²) in [6, 6.07) is 36.7. The lowest BCUT2D eigenvalue weighted by Gasteiger charge is -2.20. The first kappa shape index (κ1) is 18.5. The molecule has 0 aliphatic heterocycles. The summed E-state index contributed by atoms with van der Waals surface area (Å²) in [6.45, 7) is 0. The largest absolute Gasteiger partial charge is 0.449 e. The van der Waals surface area contributed by atoms with Crippen molar-refractivity contribution >= 4 is 17.3 Å². The fraction of sp³-hybridized carbons (Fsp3) is 0.0385. The number of nitrogens with one attached hydrogen (secondary N) is 1. The highest BCUT2D eigenvalue weighted by Gasteiger charge is 2.21. The zero-order valence-electron chi connectivity index (χ0n) is 15.9. The zero-order chi connectivity index (χ0) is 19.9. The Labute approximate surface area is 170 Å². The van der Waals surface area contributed by atoms with Crippen LogP contribution in [0.5, 0.6) is 0 Å². The number of hydrogen-bond donors (Lipinski definition) is 1. The topological polar surface area (TPSA) is 38.3 Å². The summed E-state index contributed by atoms with van der Waals surface area (Å²) in [5.41, 5.74) is 3.98. The van der Waals surface area contributed by atoms with Gasteiger partial charge in [0.15, 0.2) is 6.10 Å². The highest BCUT2D eigenvalue weighted by molar-refractivity contribution is 5.96. The lowest BCUT2D eigenvalue weighted by Crippen LogP contribution is -2.14. The molecule has 0 saturated carbocycles. The van der Waals surface area contributed by atoms with Crippen molar-refractivity contribution in [1.82, 2.24) is 0 Å². The van der Waals surface area contributed by atoms with E-state index < -0.39 is 6.10 Å². The van der Waals surface area contributed by atoms with Gasteiger partial charge in [-0.2, -0.15) is 0 Å². The molecule has 0 heterocycles. The Morgan fingerprint density at radius 2 is 1.10 bits per heavy atom. The molecule has 0 aliphatic rings. The van der Waals surface area contributed by atoms with Gasteiger partial charge in [-0.1, -0.05) is 91.0 Å². The third kappa shape index (κ3) is 4.53. The van der Waals surface area contributed by atoms with E-state index in [1.54, 1.807) is 6.07 Å². The van der Waals surface area contributed by atoms with Crippen molar-refractivity contribution in [2.24, 2.45) is 0 Å². The van der Waals surface area contributed by atoms with Gasteiger partial charge >= 0.3 is 5.97 Å². The summed E-state index contributed by atoms with van der Waals surface area (Å²) in [6.07, 6.45) is -0.477. The molecule has 1 N–H and O–H groups in total. The maximum Gasteiger partial charge on any atom is 0.341 e. The molecule has 3 heteroatoms. The average molecular weight is 379 g/mol. The molecule has 29 heavy (non-hydrogen) atoms. The summed E-state index contributed by atoms with van der Waals surface area (Å²) in [5.74, 6) is -0.373. The molecule has 0 amide bonds. The monoisotopic (exact) mass is 379 g/mol. The van der Waals surface area contributed by atoms with Crippen LogP contribution in [-0.2, 0) is 4.74 Å². The summed E-state index contributed by atoms with van der Waals surface area (Å²) >= 11 is 0. The summed E-state index contributed by atoms with van der Waals surface area (Å²) in [4.78, 5) is 13.2. The van der Waals surface area contributed by atoms with E-state index in [9.17, 15) is 4.79 Å². The molecule has 4 rings (SSSR count). The molecule has 142 valence electrons. The number of para-hydroxylation sites is 2. The van der Waals surface area contributed by atoms with Gasteiger partial charge < -0.3 is 10.1 Å². The van der Waals surface area contributed by atoms with Crippen molar-refractivity contribution in [3.8, 4) is 0 Å². The molecular formula is C26H21NO2. The number of rotatable bonds is 6. The molecule has 0 radical (unpaired) electrons. The Morgan fingerprint density at radius 3 is 1.69 bits per heavy atom. The van der Waals surface area contributed by atoms with Crippen LogP contribution in [0.1, 0.15) is 27.6 Å². The van der Waals surface area contributed by atoms with E-state index in [1.165, 1.54) is 0 Å². The van der Waals surface area contributed by atoms with Crippen LogP contribution < -0.4 is 5.32 Å². The molecule has 4 aromatic rings. The smallest absolute Gasteiger partial charge is 0.341 e. The lowest BCUT2D eigenvalue weighted by atomic mass is 10.0. The summed E-state index contributed by atoms with van der Waals surface area (Å²) < 4.78 is 6.01. The predicted molar refractivity (Wildman–Crippen MR) is 116 cm³/mol. The van der Waals surface area contributed by atoms with Crippen LogP contribution in [0.25, 0.3) is 0 Å². The molecule has 0 unspecified atom stereocenters. The zero-order valence-corrected chi connectivity index (χ0v) is 15.9. The van der Waals surface area contributed by atoms with E-state index >= 15 is 0 Å². The molecule has 0 aromatic heterocycles. The normalized spacial score (nSPS) is 10.5. The number of esters is 1. The van der Waals surface area contributed by atoms with Crippen molar-refractivity contribution in [2.45, 2.75) is 6.10 Å². The minimum atomic E-state index is -0.477. The maximum atomic E-state index is 13.2. The van der Waals surface area contributed by atoms with Gasteiger partial charge in [0, 0.05) is 5.69 Å². The average Bonchev–Trinajstić information content (AvgIpc) is 2.79. The first-order valence-electron chi connectivity index (χ1n) is 9.53. The van der Waals surface area contributed by atoms with Crippen molar-refractivity contribution in [1.29, 1.82) is 0 Å². The molecule has 0 fully saturated rings. The fourth-order valence-electron chi connectivity index (χ4n) is 3.20. The predicted octanol–water partition coefficient (Wildman–Crippen LogP) is 6.38. The van der Waals surface area contributed by atoms with Crippen LogP contribution in [0, 0.1) is 0 Å². The highest BCUT2D eigenvalue weighted by Crippen LogP contribution is 2.29. The van der Waals surface area contributed by atoms with Crippen molar-refractivity contribution in [3.05, 3.63) is 132 Å². The Hall–Kier alpha value is -3.85.